The van der Waals surface area contributed by atoms with E-state index < -0.39 is 6.10 Å². The predicted molar refractivity (Wildman–Crippen MR) is 100 cm³/mol. The normalized spacial score (nSPS) is 18.4. The summed E-state index contributed by atoms with van der Waals surface area (Å²) in [6.07, 6.45) is 4.86. The lowest BCUT2D eigenvalue weighted by Gasteiger charge is -2.13. The highest BCUT2D eigenvalue weighted by atomic mass is 16.3. The van der Waals surface area contributed by atoms with Crippen LogP contribution in [0.15, 0.2) is 24.7 Å². The Balaban J connectivity index is 0.000000755. The van der Waals surface area contributed by atoms with Gasteiger partial charge in [-0.2, -0.15) is 4.98 Å². The number of aryl methyl sites for hydroxylation is 2. The molecule has 1 saturated heterocycles. The highest BCUT2D eigenvalue weighted by molar-refractivity contribution is 5.91. The number of carboxylic acid groups (broad SMARTS) is 1. The molecule has 0 spiro atoms. The molecule has 2 N–H and O–H groups in total. The molecule has 1 aliphatic heterocycles. The molecule has 29 heavy (non-hydrogen) atoms. The molecule has 11 heteroatoms. The Morgan fingerprint density at radius 3 is 2.72 bits per heavy atom. The highest BCUT2D eigenvalue weighted by Gasteiger charge is 2.36. The second kappa shape index (κ2) is 8.69. The molecule has 11 nitrogen and oxygen atoms in total. The van der Waals surface area contributed by atoms with Crippen molar-refractivity contribution in [3.63, 3.8) is 0 Å². The van der Waals surface area contributed by atoms with Crippen LogP contribution in [0.2, 0.25) is 0 Å². The van der Waals surface area contributed by atoms with Crippen LogP contribution in [-0.4, -0.2) is 76.2 Å². The second-order valence-corrected chi connectivity index (χ2v) is 6.73. The number of carbonyl (C=O) groups excluding carboxylic acids is 1. The molecule has 4 rings (SSSR count). The Labute approximate surface area is 166 Å². The van der Waals surface area contributed by atoms with Gasteiger partial charge in [-0.05, 0) is 26.3 Å². The number of amides is 1. The van der Waals surface area contributed by atoms with Gasteiger partial charge in [0.25, 0.3) is 18.2 Å². The zero-order chi connectivity index (χ0) is 21.0. The molecule has 0 aromatic carbocycles. The molecule has 1 amide bonds. The third kappa shape index (κ3) is 4.51. The number of aliphatic hydroxyl groups excluding tert-OH is 1. The average Bonchev–Trinajstić information content (AvgIpc) is 3.27. The van der Waals surface area contributed by atoms with Gasteiger partial charge < -0.3 is 15.1 Å². The molecule has 0 saturated carbocycles. The second-order valence-electron chi connectivity index (χ2n) is 6.73. The van der Waals surface area contributed by atoms with E-state index in [2.05, 4.69) is 25.0 Å². The summed E-state index contributed by atoms with van der Waals surface area (Å²) in [6, 6.07) is 1.88. The molecular weight excluding hydrogens is 378 g/mol. The molecule has 0 radical (unpaired) electrons. The van der Waals surface area contributed by atoms with E-state index in [0.717, 1.165) is 17.1 Å². The first-order valence-corrected chi connectivity index (χ1v) is 8.94. The average molecular weight is 399 g/mol. The number of β-amino-alcohol motifs (C(OH)–C–C–N with tert-alkyl or cyclic N) is 1. The van der Waals surface area contributed by atoms with Crippen LogP contribution in [0, 0.1) is 19.8 Å². The zero-order valence-electron chi connectivity index (χ0n) is 16.0. The van der Waals surface area contributed by atoms with E-state index >= 15 is 0 Å². The fourth-order valence-electron chi connectivity index (χ4n) is 3.32. The van der Waals surface area contributed by atoms with Crippen molar-refractivity contribution in [3.05, 3.63) is 47.6 Å². The number of aliphatic hydroxyl groups is 1. The molecule has 0 aliphatic carbocycles. The highest BCUT2D eigenvalue weighted by Crippen LogP contribution is 2.22. The lowest BCUT2D eigenvalue weighted by Crippen LogP contribution is -2.30. The van der Waals surface area contributed by atoms with Gasteiger partial charge in [-0.3, -0.25) is 19.6 Å². The summed E-state index contributed by atoms with van der Waals surface area (Å²) in [5.74, 6) is 0.114. The van der Waals surface area contributed by atoms with Crippen molar-refractivity contribution in [2.24, 2.45) is 5.92 Å². The van der Waals surface area contributed by atoms with Crippen LogP contribution < -0.4 is 0 Å². The van der Waals surface area contributed by atoms with Crippen molar-refractivity contribution < 1.29 is 19.8 Å². The third-order valence-corrected chi connectivity index (χ3v) is 4.59. The van der Waals surface area contributed by atoms with Crippen molar-refractivity contribution in [2.75, 3.05) is 13.1 Å². The number of likely N-dealkylation sites (tertiary alicyclic amines) is 1. The molecule has 1 fully saturated rings. The largest absolute Gasteiger partial charge is 0.483 e. The van der Waals surface area contributed by atoms with Gasteiger partial charge in [-0.1, -0.05) is 0 Å². The number of nitrogens with zero attached hydrogens (tertiary/aromatic N) is 7. The standard InChI is InChI=1S/C17H19N7O2.CH2O2/c1-10-5-11(2)24-17(20-10)21-15(22-24)16(26)23-8-12(14(25)9-23)6-13-7-18-3-4-19-13;2-1-3/h3-5,7,12,14,25H,6,8-9H2,1-2H3;1H,(H,2,3)/t12-,14-;/m1./s1. The third-order valence-electron chi connectivity index (χ3n) is 4.59. The summed E-state index contributed by atoms with van der Waals surface area (Å²) < 4.78 is 1.56. The van der Waals surface area contributed by atoms with Gasteiger partial charge in [0.15, 0.2) is 0 Å². The first-order chi connectivity index (χ1) is 13.9. The topological polar surface area (TPSA) is 147 Å². The van der Waals surface area contributed by atoms with Gasteiger partial charge in [0.05, 0.1) is 11.8 Å². The number of hydrogen-bond acceptors (Lipinski definition) is 8. The number of hydrogen-bond donors (Lipinski definition) is 2. The van der Waals surface area contributed by atoms with E-state index in [1.807, 2.05) is 19.9 Å². The van der Waals surface area contributed by atoms with Gasteiger partial charge in [0, 0.05) is 49.0 Å². The van der Waals surface area contributed by atoms with Crippen molar-refractivity contribution in [2.45, 2.75) is 26.4 Å². The Morgan fingerprint density at radius 1 is 1.28 bits per heavy atom. The van der Waals surface area contributed by atoms with Crippen molar-refractivity contribution in [3.8, 4) is 0 Å². The van der Waals surface area contributed by atoms with Gasteiger partial charge in [-0.15, -0.1) is 5.10 Å². The Morgan fingerprint density at radius 2 is 2.03 bits per heavy atom. The molecule has 152 valence electrons. The summed E-state index contributed by atoms with van der Waals surface area (Å²) in [4.78, 5) is 39.6. The summed E-state index contributed by atoms with van der Waals surface area (Å²) >= 11 is 0. The molecule has 1 aliphatic rings. The van der Waals surface area contributed by atoms with Gasteiger partial charge in [0.2, 0.25) is 5.82 Å². The Bertz CT molecular complexity index is 1010. The first-order valence-electron chi connectivity index (χ1n) is 8.94. The summed E-state index contributed by atoms with van der Waals surface area (Å²) in [5.41, 5.74) is 2.48. The van der Waals surface area contributed by atoms with Crippen LogP contribution in [0.3, 0.4) is 0 Å². The lowest BCUT2D eigenvalue weighted by molar-refractivity contribution is -0.122. The van der Waals surface area contributed by atoms with Crippen LogP contribution in [0.1, 0.15) is 27.7 Å². The molecular formula is C18H21N7O4. The van der Waals surface area contributed by atoms with E-state index in [1.165, 1.54) is 0 Å². The van der Waals surface area contributed by atoms with Gasteiger partial charge in [0.1, 0.15) is 0 Å². The molecule has 0 bridgehead atoms. The van der Waals surface area contributed by atoms with E-state index in [-0.39, 0.29) is 30.7 Å². The predicted octanol–water partition coefficient (Wildman–Crippen LogP) is -0.0925. The van der Waals surface area contributed by atoms with Crippen LogP contribution in [0.25, 0.3) is 5.78 Å². The minimum atomic E-state index is -0.611. The smallest absolute Gasteiger partial charge is 0.293 e. The maximum atomic E-state index is 12.8. The number of aromatic nitrogens is 6. The van der Waals surface area contributed by atoms with Crippen molar-refractivity contribution >= 4 is 18.2 Å². The van der Waals surface area contributed by atoms with E-state index in [4.69, 9.17) is 9.90 Å². The molecule has 0 unspecified atom stereocenters. The number of carbonyl (C=O) groups is 2. The first kappa shape index (κ1) is 20.3. The fraction of sp³-hybridized carbons (Fsp3) is 0.389. The lowest BCUT2D eigenvalue weighted by atomic mass is 10.0. The van der Waals surface area contributed by atoms with Crippen LogP contribution in [0.5, 0.6) is 0 Å². The molecule has 2 atom stereocenters. The quantitative estimate of drug-likeness (QED) is 0.577. The Hall–Kier alpha value is -3.47. The zero-order valence-corrected chi connectivity index (χ0v) is 16.0. The van der Waals surface area contributed by atoms with Gasteiger partial charge in [-0.25, -0.2) is 9.50 Å². The van der Waals surface area contributed by atoms with Crippen LogP contribution in [-0.2, 0) is 11.2 Å². The molecule has 3 aromatic heterocycles. The van der Waals surface area contributed by atoms with Gasteiger partial charge >= 0.3 is 0 Å². The molecule has 3 aromatic rings. The monoisotopic (exact) mass is 399 g/mol. The number of rotatable bonds is 3. The summed E-state index contributed by atoms with van der Waals surface area (Å²) in [7, 11) is 0. The fourth-order valence-corrected chi connectivity index (χ4v) is 3.32. The maximum Gasteiger partial charge on any atom is 0.293 e. The SMILES string of the molecule is Cc1cc(C)n2nc(C(=O)N3C[C@@H](Cc4cnccn4)[C@H](O)C3)nc2n1.O=CO. The number of fused-ring (bicyclic) bond motifs is 1. The Kier molecular flexibility index (Phi) is 6.07. The summed E-state index contributed by atoms with van der Waals surface area (Å²) in [6.45, 7) is 4.19. The van der Waals surface area contributed by atoms with Crippen LogP contribution >= 0.6 is 0 Å². The summed E-state index contributed by atoms with van der Waals surface area (Å²) in [5, 5.41) is 21.5. The minimum absolute atomic E-state index is 0.0882. The van der Waals surface area contributed by atoms with E-state index in [0.29, 0.717) is 18.7 Å². The van der Waals surface area contributed by atoms with Crippen LogP contribution in [0.4, 0.5) is 0 Å². The van der Waals surface area contributed by atoms with E-state index in [9.17, 15) is 9.90 Å². The molecule has 4 heterocycles. The van der Waals surface area contributed by atoms with Crippen molar-refractivity contribution in [1.29, 1.82) is 0 Å². The van der Waals surface area contributed by atoms with E-state index in [1.54, 1.807) is 28.0 Å². The maximum absolute atomic E-state index is 12.8. The minimum Gasteiger partial charge on any atom is -0.483 e. The van der Waals surface area contributed by atoms with Crippen molar-refractivity contribution in [1.82, 2.24) is 34.4 Å².